The molecule has 1 saturated heterocycles. The topological polar surface area (TPSA) is 32.8 Å². The van der Waals surface area contributed by atoms with Gasteiger partial charge in [-0.1, -0.05) is 30.3 Å². The molecule has 1 unspecified atom stereocenters. The van der Waals surface area contributed by atoms with Gasteiger partial charge in [-0.25, -0.2) is 0 Å². The number of likely N-dealkylation sites (N-methyl/N-ethyl adjacent to an activating group) is 1. The van der Waals surface area contributed by atoms with E-state index in [4.69, 9.17) is 4.74 Å². The first kappa shape index (κ1) is 15.0. The summed E-state index contributed by atoms with van der Waals surface area (Å²) in [6.07, 6.45) is 1.99. The van der Waals surface area contributed by atoms with E-state index in [0.29, 0.717) is 12.6 Å². The average Bonchev–Trinajstić information content (AvgIpc) is 2.98. The van der Waals surface area contributed by atoms with Gasteiger partial charge in [-0.15, -0.1) is 0 Å². The highest BCUT2D eigenvalue weighted by Gasteiger charge is 2.25. The van der Waals surface area contributed by atoms with Crippen LogP contribution in [0.4, 0.5) is 0 Å². The van der Waals surface area contributed by atoms with E-state index in [1.165, 1.54) is 5.56 Å². The molecule has 20 heavy (non-hydrogen) atoms. The van der Waals surface area contributed by atoms with Crippen molar-refractivity contribution in [1.82, 2.24) is 9.80 Å². The third-order valence-corrected chi connectivity index (χ3v) is 3.79. The van der Waals surface area contributed by atoms with Gasteiger partial charge in [0.1, 0.15) is 0 Å². The first-order valence-corrected chi connectivity index (χ1v) is 7.22. The first-order chi connectivity index (χ1) is 9.66. The van der Waals surface area contributed by atoms with E-state index in [1.54, 1.807) is 4.90 Å². The van der Waals surface area contributed by atoms with E-state index in [2.05, 4.69) is 29.2 Å². The molecule has 1 aromatic rings. The molecule has 4 nitrogen and oxygen atoms in total. The van der Waals surface area contributed by atoms with Gasteiger partial charge in [0.15, 0.2) is 0 Å². The van der Waals surface area contributed by atoms with E-state index >= 15 is 0 Å². The minimum Gasteiger partial charge on any atom is -0.380 e. The summed E-state index contributed by atoms with van der Waals surface area (Å²) in [5, 5.41) is 0. The maximum Gasteiger partial charge on any atom is 0.236 e. The highest BCUT2D eigenvalue weighted by atomic mass is 16.5. The number of carbonyl (C=O) groups is 1. The minimum absolute atomic E-state index is 0.157. The highest BCUT2D eigenvalue weighted by Crippen LogP contribution is 2.13. The van der Waals surface area contributed by atoms with Crippen molar-refractivity contribution in [3.8, 4) is 0 Å². The van der Waals surface area contributed by atoms with E-state index in [0.717, 1.165) is 32.6 Å². The third-order valence-electron chi connectivity index (χ3n) is 3.79. The summed E-state index contributed by atoms with van der Waals surface area (Å²) in [6.45, 7) is 2.93. The van der Waals surface area contributed by atoms with E-state index < -0.39 is 0 Å². The molecule has 1 aliphatic rings. The lowest BCUT2D eigenvalue weighted by Gasteiger charge is -2.28. The normalized spacial score (nSPS) is 18.4. The number of ether oxygens (including phenoxy) is 1. The maximum absolute atomic E-state index is 12.0. The second kappa shape index (κ2) is 7.41. The molecule has 1 fully saturated rings. The molecule has 0 bridgehead atoms. The zero-order chi connectivity index (χ0) is 14.4. The van der Waals surface area contributed by atoms with Gasteiger partial charge in [-0.05, 0) is 18.4 Å². The van der Waals surface area contributed by atoms with Crippen LogP contribution in [0, 0.1) is 0 Å². The van der Waals surface area contributed by atoms with Gasteiger partial charge in [0.05, 0.1) is 13.2 Å². The lowest BCUT2D eigenvalue weighted by Crippen LogP contribution is -2.44. The number of rotatable bonds is 6. The molecule has 0 spiro atoms. The Kier molecular flexibility index (Phi) is 5.56. The van der Waals surface area contributed by atoms with Crippen LogP contribution in [0.25, 0.3) is 0 Å². The second-order valence-electron chi connectivity index (χ2n) is 5.51. The smallest absolute Gasteiger partial charge is 0.236 e. The minimum atomic E-state index is 0.157. The van der Waals surface area contributed by atoms with Crippen molar-refractivity contribution in [3.63, 3.8) is 0 Å². The summed E-state index contributed by atoms with van der Waals surface area (Å²) in [5.74, 6) is 0.157. The quantitative estimate of drug-likeness (QED) is 0.787. The van der Waals surface area contributed by atoms with Gasteiger partial charge in [-0.2, -0.15) is 0 Å². The molecule has 0 radical (unpaired) electrons. The SMILES string of the molecule is CN(C)C(=O)CN(CCc1ccccc1)C1CCOC1. The summed E-state index contributed by atoms with van der Waals surface area (Å²) >= 11 is 0. The molecule has 1 atom stereocenters. The van der Waals surface area contributed by atoms with Gasteiger partial charge in [0.2, 0.25) is 5.91 Å². The Morgan fingerprint density at radius 3 is 2.65 bits per heavy atom. The fourth-order valence-electron chi connectivity index (χ4n) is 2.43. The maximum atomic E-state index is 12.0. The van der Waals surface area contributed by atoms with Crippen LogP contribution in [0.2, 0.25) is 0 Å². The molecule has 4 heteroatoms. The monoisotopic (exact) mass is 276 g/mol. The van der Waals surface area contributed by atoms with Crippen molar-refractivity contribution < 1.29 is 9.53 Å². The fraction of sp³-hybridized carbons (Fsp3) is 0.562. The molecule has 1 aromatic carbocycles. The first-order valence-electron chi connectivity index (χ1n) is 7.22. The average molecular weight is 276 g/mol. The number of hydrogen-bond acceptors (Lipinski definition) is 3. The van der Waals surface area contributed by atoms with Crippen LogP contribution in [0.3, 0.4) is 0 Å². The molecule has 1 heterocycles. The predicted molar refractivity (Wildman–Crippen MR) is 79.6 cm³/mol. The number of benzene rings is 1. The van der Waals surface area contributed by atoms with Gasteiger partial charge < -0.3 is 9.64 Å². The lowest BCUT2D eigenvalue weighted by molar-refractivity contribution is -0.130. The zero-order valence-corrected chi connectivity index (χ0v) is 12.4. The summed E-state index contributed by atoms with van der Waals surface area (Å²) in [4.78, 5) is 15.9. The van der Waals surface area contributed by atoms with Crippen LogP contribution >= 0.6 is 0 Å². The Morgan fingerprint density at radius 1 is 1.30 bits per heavy atom. The van der Waals surface area contributed by atoms with Crippen LogP contribution in [0.1, 0.15) is 12.0 Å². The lowest BCUT2D eigenvalue weighted by atomic mass is 10.1. The molecular formula is C16H24N2O2. The Balaban J connectivity index is 1.93. The van der Waals surface area contributed by atoms with Crippen LogP contribution in [0.15, 0.2) is 30.3 Å². The highest BCUT2D eigenvalue weighted by molar-refractivity contribution is 5.77. The summed E-state index contributed by atoms with van der Waals surface area (Å²) in [5.41, 5.74) is 1.31. The zero-order valence-electron chi connectivity index (χ0n) is 12.4. The molecule has 0 aromatic heterocycles. The van der Waals surface area contributed by atoms with Crippen LogP contribution in [-0.2, 0) is 16.0 Å². The second-order valence-corrected chi connectivity index (χ2v) is 5.51. The van der Waals surface area contributed by atoms with Crippen molar-refractivity contribution >= 4 is 5.91 Å². The Bertz CT molecular complexity index is 414. The Labute approximate surface area is 121 Å². The van der Waals surface area contributed by atoms with Crippen LogP contribution in [-0.4, -0.2) is 62.1 Å². The Hall–Kier alpha value is -1.39. The molecule has 2 rings (SSSR count). The summed E-state index contributed by atoms with van der Waals surface area (Å²) in [6, 6.07) is 10.8. The molecule has 1 amide bonds. The van der Waals surface area contributed by atoms with Crippen molar-refractivity contribution in [2.75, 3.05) is 40.4 Å². The molecule has 110 valence electrons. The number of carbonyl (C=O) groups excluding carboxylic acids is 1. The van der Waals surface area contributed by atoms with Gasteiger partial charge >= 0.3 is 0 Å². The van der Waals surface area contributed by atoms with E-state index in [1.807, 2.05) is 20.2 Å². The van der Waals surface area contributed by atoms with Crippen molar-refractivity contribution in [2.24, 2.45) is 0 Å². The summed E-state index contributed by atoms with van der Waals surface area (Å²) in [7, 11) is 3.62. The van der Waals surface area contributed by atoms with Gasteiger partial charge in [0, 0.05) is 33.3 Å². The van der Waals surface area contributed by atoms with Crippen LogP contribution < -0.4 is 0 Å². The van der Waals surface area contributed by atoms with Gasteiger partial charge in [0.25, 0.3) is 0 Å². The van der Waals surface area contributed by atoms with Crippen molar-refractivity contribution in [3.05, 3.63) is 35.9 Å². The molecule has 0 saturated carbocycles. The number of hydrogen-bond donors (Lipinski definition) is 0. The predicted octanol–water partition coefficient (Wildman–Crippen LogP) is 1.41. The third kappa shape index (κ3) is 4.32. The number of nitrogens with zero attached hydrogens (tertiary/aromatic N) is 2. The van der Waals surface area contributed by atoms with E-state index in [9.17, 15) is 4.79 Å². The molecular weight excluding hydrogens is 252 g/mol. The largest absolute Gasteiger partial charge is 0.380 e. The van der Waals surface area contributed by atoms with Crippen molar-refractivity contribution in [2.45, 2.75) is 18.9 Å². The molecule has 0 N–H and O–H groups in total. The number of amides is 1. The molecule has 1 aliphatic heterocycles. The van der Waals surface area contributed by atoms with Gasteiger partial charge in [-0.3, -0.25) is 9.69 Å². The summed E-state index contributed by atoms with van der Waals surface area (Å²) < 4.78 is 5.47. The van der Waals surface area contributed by atoms with E-state index in [-0.39, 0.29) is 5.91 Å². The Morgan fingerprint density at radius 2 is 2.05 bits per heavy atom. The van der Waals surface area contributed by atoms with Crippen molar-refractivity contribution in [1.29, 1.82) is 0 Å². The molecule has 0 aliphatic carbocycles. The fourth-order valence-corrected chi connectivity index (χ4v) is 2.43. The van der Waals surface area contributed by atoms with Crippen LogP contribution in [0.5, 0.6) is 0 Å². The standard InChI is InChI=1S/C16H24N2O2/c1-17(2)16(19)12-18(15-9-11-20-13-15)10-8-14-6-4-3-5-7-14/h3-7,15H,8-13H2,1-2H3.